The van der Waals surface area contributed by atoms with Gasteiger partial charge in [-0.15, -0.1) is 0 Å². The zero-order chi connectivity index (χ0) is 15.6. The molecule has 1 aromatic rings. The minimum atomic E-state index is -3.88. The molecular formula is C13H21FN4O2S. The summed E-state index contributed by atoms with van der Waals surface area (Å²) in [5, 5.41) is 4.99. The first-order valence-corrected chi connectivity index (χ1v) is 8.39. The molecule has 4 N–H and O–H groups in total. The van der Waals surface area contributed by atoms with Crippen LogP contribution in [0.1, 0.15) is 6.92 Å². The Balaban J connectivity index is 2.11. The maximum atomic E-state index is 14.1. The van der Waals surface area contributed by atoms with E-state index in [4.69, 9.17) is 10.9 Å². The molecule has 1 saturated heterocycles. The molecule has 21 heavy (non-hydrogen) atoms. The molecule has 1 unspecified atom stereocenters. The molecule has 0 spiro atoms. The molecule has 118 valence electrons. The van der Waals surface area contributed by atoms with Gasteiger partial charge in [0.25, 0.3) is 0 Å². The average molecular weight is 316 g/mol. The third-order valence-corrected chi connectivity index (χ3v) is 4.78. The lowest BCUT2D eigenvalue weighted by molar-refractivity contribution is 0.201. The zero-order valence-electron chi connectivity index (χ0n) is 12.0. The van der Waals surface area contributed by atoms with Crippen molar-refractivity contribution in [3.05, 3.63) is 24.0 Å². The minimum absolute atomic E-state index is 0.209. The number of sulfonamides is 1. The Morgan fingerprint density at radius 1 is 1.29 bits per heavy atom. The Kier molecular flexibility index (Phi) is 4.82. The van der Waals surface area contributed by atoms with Gasteiger partial charge in [-0.2, -0.15) is 0 Å². The van der Waals surface area contributed by atoms with Crippen molar-refractivity contribution in [1.29, 1.82) is 0 Å². The molecule has 0 amide bonds. The molecule has 0 aliphatic carbocycles. The van der Waals surface area contributed by atoms with Crippen molar-refractivity contribution in [1.82, 2.24) is 4.90 Å². The Bertz CT molecular complexity index is 600. The number of primary sulfonamides is 1. The van der Waals surface area contributed by atoms with E-state index >= 15 is 0 Å². The van der Waals surface area contributed by atoms with Crippen molar-refractivity contribution in [3.8, 4) is 0 Å². The minimum Gasteiger partial charge on any atom is -0.367 e. The van der Waals surface area contributed by atoms with Crippen LogP contribution >= 0.6 is 0 Å². The van der Waals surface area contributed by atoms with Crippen LogP contribution in [0.15, 0.2) is 23.1 Å². The molecule has 0 bridgehead atoms. The second-order valence-electron chi connectivity index (χ2n) is 5.27. The van der Waals surface area contributed by atoms with E-state index in [2.05, 4.69) is 11.8 Å². The lowest BCUT2D eigenvalue weighted by atomic mass is 10.2. The normalized spacial score (nSPS) is 18.8. The predicted octanol–water partition coefficient (Wildman–Crippen LogP) is -0.0577. The number of piperazine rings is 1. The van der Waals surface area contributed by atoms with Crippen molar-refractivity contribution in [2.24, 2.45) is 10.9 Å². The summed E-state index contributed by atoms with van der Waals surface area (Å²) in [5.74, 6) is -0.568. The smallest absolute Gasteiger partial charge is 0.238 e. The van der Waals surface area contributed by atoms with E-state index in [1.54, 1.807) is 0 Å². The number of halogens is 1. The van der Waals surface area contributed by atoms with Crippen molar-refractivity contribution >= 4 is 15.7 Å². The van der Waals surface area contributed by atoms with E-state index in [1.807, 2.05) is 4.90 Å². The molecule has 0 aromatic heterocycles. The zero-order valence-corrected chi connectivity index (χ0v) is 12.8. The molecule has 1 aromatic carbocycles. The van der Waals surface area contributed by atoms with Crippen molar-refractivity contribution in [2.45, 2.75) is 17.9 Å². The molecule has 1 atom stereocenters. The van der Waals surface area contributed by atoms with Gasteiger partial charge in [-0.05, 0) is 25.1 Å². The van der Waals surface area contributed by atoms with Crippen LogP contribution in [-0.4, -0.2) is 52.1 Å². The highest BCUT2D eigenvalue weighted by molar-refractivity contribution is 7.89. The lowest BCUT2D eigenvalue weighted by Gasteiger charge is -2.38. The van der Waals surface area contributed by atoms with E-state index in [9.17, 15) is 12.8 Å². The maximum Gasteiger partial charge on any atom is 0.238 e. The second-order valence-corrected chi connectivity index (χ2v) is 6.83. The summed E-state index contributed by atoms with van der Waals surface area (Å²) < 4.78 is 36.5. The highest BCUT2D eigenvalue weighted by Gasteiger charge is 2.22. The van der Waals surface area contributed by atoms with E-state index in [0.29, 0.717) is 31.4 Å². The van der Waals surface area contributed by atoms with E-state index < -0.39 is 15.8 Å². The van der Waals surface area contributed by atoms with Gasteiger partial charge in [0.1, 0.15) is 5.82 Å². The predicted molar refractivity (Wildman–Crippen MR) is 80.1 cm³/mol. The van der Waals surface area contributed by atoms with Crippen molar-refractivity contribution in [3.63, 3.8) is 0 Å². The lowest BCUT2D eigenvalue weighted by Crippen LogP contribution is -2.51. The third kappa shape index (κ3) is 3.70. The number of anilines is 1. The number of benzene rings is 1. The van der Waals surface area contributed by atoms with Gasteiger partial charge in [0.2, 0.25) is 10.0 Å². The fourth-order valence-electron chi connectivity index (χ4n) is 2.47. The number of nitrogens with two attached hydrogens (primary N) is 2. The highest BCUT2D eigenvalue weighted by atomic mass is 32.2. The summed E-state index contributed by atoms with van der Waals surface area (Å²) in [4.78, 5) is 3.95. The fraction of sp³-hybridized carbons (Fsp3) is 0.538. The Labute approximate surface area is 124 Å². The van der Waals surface area contributed by atoms with Gasteiger partial charge in [-0.3, -0.25) is 4.90 Å². The van der Waals surface area contributed by atoms with E-state index in [0.717, 1.165) is 19.2 Å². The van der Waals surface area contributed by atoms with Crippen molar-refractivity contribution in [2.75, 3.05) is 37.6 Å². The van der Waals surface area contributed by atoms with Gasteiger partial charge in [0, 0.05) is 38.8 Å². The van der Waals surface area contributed by atoms with Gasteiger partial charge in [-0.25, -0.2) is 17.9 Å². The fourth-order valence-corrected chi connectivity index (χ4v) is 3.00. The van der Waals surface area contributed by atoms with Gasteiger partial charge in [0.15, 0.2) is 0 Å². The Morgan fingerprint density at radius 2 is 1.90 bits per heavy atom. The van der Waals surface area contributed by atoms with Gasteiger partial charge in [-0.1, -0.05) is 0 Å². The summed E-state index contributed by atoms with van der Waals surface area (Å²) >= 11 is 0. The quantitative estimate of drug-likeness (QED) is 0.812. The summed E-state index contributed by atoms with van der Waals surface area (Å²) in [7, 11) is -3.88. The highest BCUT2D eigenvalue weighted by Crippen LogP contribution is 2.23. The van der Waals surface area contributed by atoms with Crippen LogP contribution in [0.4, 0.5) is 10.1 Å². The standard InChI is InChI=1S/C13H21FN4O2S/c1-10(9-15)17-4-6-18(7-5-17)13-3-2-11(8-12(13)14)21(16,19)20/h2-3,8,10H,4-7,9,15H2,1H3,(H2,16,19,20). The molecule has 0 radical (unpaired) electrons. The number of nitrogens with zero attached hydrogens (tertiary/aromatic N) is 2. The number of hydrogen-bond donors (Lipinski definition) is 2. The van der Waals surface area contributed by atoms with Gasteiger partial charge >= 0.3 is 0 Å². The Hall–Kier alpha value is -1.22. The molecule has 1 heterocycles. The van der Waals surface area contributed by atoms with Crippen LogP contribution < -0.4 is 15.8 Å². The van der Waals surface area contributed by atoms with Crippen molar-refractivity contribution < 1.29 is 12.8 Å². The van der Waals surface area contributed by atoms with Crippen LogP contribution in [-0.2, 0) is 10.0 Å². The summed E-state index contributed by atoms with van der Waals surface area (Å²) in [5.41, 5.74) is 6.05. The SMILES string of the molecule is CC(CN)N1CCN(c2ccc(S(N)(=O)=O)cc2F)CC1. The van der Waals surface area contributed by atoms with Crippen LogP contribution in [0, 0.1) is 5.82 Å². The van der Waals surface area contributed by atoms with Gasteiger partial charge in [0.05, 0.1) is 10.6 Å². The van der Waals surface area contributed by atoms with E-state index in [1.165, 1.54) is 12.1 Å². The molecule has 1 aliphatic rings. The summed E-state index contributed by atoms with van der Waals surface area (Å²) in [6.45, 7) is 5.62. The van der Waals surface area contributed by atoms with Crippen LogP contribution in [0.5, 0.6) is 0 Å². The number of hydrogen-bond acceptors (Lipinski definition) is 5. The second kappa shape index (κ2) is 6.27. The number of rotatable bonds is 4. The van der Waals surface area contributed by atoms with Crippen LogP contribution in [0.2, 0.25) is 0 Å². The van der Waals surface area contributed by atoms with Crippen LogP contribution in [0.25, 0.3) is 0 Å². The Morgan fingerprint density at radius 3 is 2.38 bits per heavy atom. The summed E-state index contributed by atoms with van der Waals surface area (Å²) in [6, 6.07) is 4.08. The monoisotopic (exact) mass is 316 g/mol. The third-order valence-electron chi connectivity index (χ3n) is 3.87. The average Bonchev–Trinajstić information content (AvgIpc) is 2.45. The first-order valence-electron chi connectivity index (χ1n) is 6.84. The molecule has 2 rings (SSSR count). The summed E-state index contributed by atoms with van der Waals surface area (Å²) in [6.07, 6.45) is 0. The topological polar surface area (TPSA) is 92.7 Å². The molecule has 0 saturated carbocycles. The largest absolute Gasteiger partial charge is 0.367 e. The first-order chi connectivity index (χ1) is 9.82. The molecule has 8 heteroatoms. The van der Waals surface area contributed by atoms with E-state index in [-0.39, 0.29) is 4.90 Å². The van der Waals surface area contributed by atoms with Gasteiger partial charge < -0.3 is 10.6 Å². The van der Waals surface area contributed by atoms with Crippen LogP contribution in [0.3, 0.4) is 0 Å². The molecule has 1 aliphatic heterocycles. The maximum absolute atomic E-state index is 14.1. The molecule has 6 nitrogen and oxygen atoms in total. The molecular weight excluding hydrogens is 295 g/mol. The molecule has 1 fully saturated rings. The first kappa shape index (κ1) is 16.2.